The van der Waals surface area contributed by atoms with E-state index in [1.165, 1.54) is 57.8 Å². The maximum absolute atomic E-state index is 13.6. The third-order valence-corrected chi connectivity index (χ3v) is 9.36. The summed E-state index contributed by atoms with van der Waals surface area (Å²) in [4.78, 5) is 67.5. The van der Waals surface area contributed by atoms with E-state index in [0.717, 1.165) is 24.8 Å². The second-order valence-electron chi connectivity index (χ2n) is 13.2. The fourth-order valence-corrected chi connectivity index (χ4v) is 5.95. The number of carbonyl (C=O) groups is 5. The van der Waals surface area contributed by atoms with E-state index >= 15 is 0 Å². The van der Waals surface area contributed by atoms with Crippen LogP contribution in [0.3, 0.4) is 0 Å². The molecule has 0 spiro atoms. The summed E-state index contributed by atoms with van der Waals surface area (Å²) in [5.41, 5.74) is 15.9. The molecule has 1 aromatic carbocycles. The second kappa shape index (κ2) is 27.7. The molecule has 0 fully saturated rings. The Morgan fingerprint density at radius 3 is 1.76 bits per heavy atom. The molecule has 4 atom stereocenters. The number of guanidine groups is 1. The van der Waals surface area contributed by atoms with E-state index < -0.39 is 47.4 Å². The molecular weight excluding hydrogens is 667 g/mol. The highest BCUT2D eigenvalue weighted by Crippen LogP contribution is 2.16. The van der Waals surface area contributed by atoms with E-state index in [4.69, 9.17) is 17.2 Å². The molecule has 0 saturated carbocycles. The van der Waals surface area contributed by atoms with Crippen molar-refractivity contribution in [1.29, 1.82) is 0 Å². The van der Waals surface area contributed by atoms with Crippen LogP contribution in [0.2, 0.25) is 5.54 Å². The summed E-state index contributed by atoms with van der Waals surface area (Å²) >= 11 is 0. The molecule has 0 saturated heterocycles. The Balaban J connectivity index is 2.80. The molecule has 0 aromatic heterocycles. The molecular formula is C37H62N7O6Si. The van der Waals surface area contributed by atoms with E-state index in [1.54, 1.807) is 24.3 Å². The third-order valence-electron chi connectivity index (χ3n) is 8.71. The van der Waals surface area contributed by atoms with Crippen LogP contribution in [0.25, 0.3) is 0 Å². The van der Waals surface area contributed by atoms with Crippen LogP contribution in [0, 0.1) is 0 Å². The number of carboxylic acids is 1. The number of primary amides is 1. The number of nitrogens with two attached hydrogens (primary N) is 3. The molecule has 4 amide bonds. The number of unbranched alkanes of at least 4 members (excludes halogenated alkanes) is 12. The maximum Gasteiger partial charge on any atom is 0.304 e. The molecule has 13 nitrogen and oxygen atoms in total. The Morgan fingerprint density at radius 2 is 1.24 bits per heavy atom. The topological polar surface area (TPSA) is 232 Å². The van der Waals surface area contributed by atoms with Crippen LogP contribution in [-0.4, -0.2) is 75.6 Å². The van der Waals surface area contributed by atoms with Gasteiger partial charge in [0.05, 0.1) is 5.54 Å². The van der Waals surface area contributed by atoms with Crippen LogP contribution in [0.5, 0.6) is 0 Å². The first-order valence-electron chi connectivity index (χ1n) is 18.7. The molecule has 0 heterocycles. The molecule has 0 aliphatic heterocycles. The average molecular weight is 729 g/mol. The van der Waals surface area contributed by atoms with Gasteiger partial charge in [0.2, 0.25) is 23.6 Å². The van der Waals surface area contributed by atoms with Crippen molar-refractivity contribution < 1.29 is 29.1 Å². The van der Waals surface area contributed by atoms with E-state index in [1.807, 2.05) is 6.07 Å². The number of aliphatic carboxylic acids is 1. The minimum Gasteiger partial charge on any atom is -0.481 e. The van der Waals surface area contributed by atoms with Gasteiger partial charge in [-0.1, -0.05) is 114 Å². The molecule has 3 radical (unpaired) electrons. The molecule has 285 valence electrons. The van der Waals surface area contributed by atoms with E-state index in [9.17, 15) is 29.1 Å². The van der Waals surface area contributed by atoms with Gasteiger partial charge in [0, 0.05) is 35.7 Å². The Morgan fingerprint density at radius 1 is 0.706 bits per heavy atom. The van der Waals surface area contributed by atoms with Crippen LogP contribution >= 0.6 is 0 Å². The van der Waals surface area contributed by atoms with Crippen molar-refractivity contribution in [3.63, 3.8) is 0 Å². The first kappa shape index (κ1) is 45.1. The summed E-state index contributed by atoms with van der Waals surface area (Å²) < 4.78 is 0. The quantitative estimate of drug-likeness (QED) is 0.0267. The number of carboxylic acid groups (broad SMARTS) is 1. The number of amides is 4. The van der Waals surface area contributed by atoms with Gasteiger partial charge in [-0.2, -0.15) is 0 Å². The summed E-state index contributed by atoms with van der Waals surface area (Å²) in [6.45, 7) is 2.46. The summed E-state index contributed by atoms with van der Waals surface area (Å²) in [5, 5.41) is 17.8. The van der Waals surface area contributed by atoms with Crippen molar-refractivity contribution in [2.45, 2.75) is 153 Å². The summed E-state index contributed by atoms with van der Waals surface area (Å²) in [7, 11) is 3.22. The Kier molecular flexibility index (Phi) is 24.5. The SMILES string of the molecule is CCCCCCCCCCCCCCCC(=O)N[C@H](CCCN=C(N)N)C(=O)N[C@@H](CCC(N)=O)C(=O)N[C@@H](Cc1ccccc1)C([Si])C(=O)O. The summed E-state index contributed by atoms with van der Waals surface area (Å²) in [6, 6.07) is 5.91. The molecule has 1 unspecified atom stereocenters. The zero-order valence-electron chi connectivity index (χ0n) is 30.5. The molecule has 51 heavy (non-hydrogen) atoms. The number of rotatable bonds is 30. The lowest BCUT2D eigenvalue weighted by Gasteiger charge is -2.27. The third kappa shape index (κ3) is 22.5. The number of hydrogen-bond acceptors (Lipinski definition) is 6. The monoisotopic (exact) mass is 728 g/mol. The van der Waals surface area contributed by atoms with Gasteiger partial charge < -0.3 is 38.3 Å². The molecule has 1 rings (SSSR count). The number of hydrogen-bond donors (Lipinski definition) is 7. The van der Waals surface area contributed by atoms with Gasteiger partial charge in [-0.3, -0.25) is 29.0 Å². The highest BCUT2D eigenvalue weighted by Gasteiger charge is 2.31. The smallest absolute Gasteiger partial charge is 0.304 e. The van der Waals surface area contributed by atoms with Gasteiger partial charge in [-0.05, 0) is 37.7 Å². The van der Waals surface area contributed by atoms with Crippen molar-refractivity contribution in [2.24, 2.45) is 22.2 Å². The number of nitrogens with one attached hydrogen (secondary N) is 3. The summed E-state index contributed by atoms with van der Waals surface area (Å²) in [5.74, 6) is -3.56. The average Bonchev–Trinajstić information content (AvgIpc) is 3.09. The number of aliphatic imine (C=N–C) groups is 1. The zero-order chi connectivity index (χ0) is 37.9. The van der Waals surface area contributed by atoms with Crippen LogP contribution in [0.15, 0.2) is 35.3 Å². The van der Waals surface area contributed by atoms with Crippen LogP contribution in [0.1, 0.15) is 128 Å². The lowest BCUT2D eigenvalue weighted by molar-refractivity contribution is -0.138. The van der Waals surface area contributed by atoms with Crippen LogP contribution in [-0.2, 0) is 30.4 Å². The predicted molar refractivity (Wildman–Crippen MR) is 202 cm³/mol. The number of carbonyl (C=O) groups excluding carboxylic acids is 4. The highest BCUT2D eigenvalue weighted by molar-refractivity contribution is 6.23. The molecule has 0 aliphatic carbocycles. The van der Waals surface area contributed by atoms with E-state index in [-0.39, 0.29) is 50.5 Å². The molecule has 0 bridgehead atoms. The lowest BCUT2D eigenvalue weighted by Crippen LogP contribution is -2.56. The first-order valence-corrected chi connectivity index (χ1v) is 19.2. The van der Waals surface area contributed by atoms with Gasteiger partial charge in [0.1, 0.15) is 12.1 Å². The van der Waals surface area contributed by atoms with Gasteiger partial charge in [0.15, 0.2) is 5.96 Å². The Bertz CT molecular complexity index is 1200. The first-order chi connectivity index (χ1) is 24.4. The fraction of sp³-hybridized carbons (Fsp3) is 0.676. The van der Waals surface area contributed by atoms with Gasteiger partial charge >= 0.3 is 5.97 Å². The molecule has 14 heteroatoms. The standard InChI is InChI=1S/C37H62N7O6Si/c1-2-3-4-5-6-7-8-9-10-11-12-13-17-22-32(46)42-28(21-18-25-41-37(39)40)34(47)43-29(23-24-31(38)45)35(48)44-30(33(51)36(49)50)26-27-19-15-14-16-20-27/h14-16,19-20,28-30,33H,2-13,17-18,21-26H2,1H3,(H2,38,45)(H,42,46)(H,43,47)(H,44,48)(H,49,50)(H4,39,40,41)/t28-,29+,30+,33?/m1/s1. The zero-order valence-corrected chi connectivity index (χ0v) is 31.5. The van der Waals surface area contributed by atoms with Crippen LogP contribution < -0.4 is 33.2 Å². The van der Waals surface area contributed by atoms with Gasteiger partial charge in [-0.15, -0.1) is 0 Å². The minimum atomic E-state index is -1.23. The molecule has 1 aromatic rings. The van der Waals surface area contributed by atoms with Crippen molar-refractivity contribution >= 4 is 45.8 Å². The number of benzene rings is 1. The Labute approximate surface area is 307 Å². The normalized spacial score (nSPS) is 13.3. The van der Waals surface area contributed by atoms with Crippen molar-refractivity contribution in [3.8, 4) is 0 Å². The molecule has 10 N–H and O–H groups in total. The second-order valence-corrected chi connectivity index (χ2v) is 13.9. The van der Waals surface area contributed by atoms with Crippen molar-refractivity contribution in [2.75, 3.05) is 6.54 Å². The summed E-state index contributed by atoms with van der Waals surface area (Å²) in [6.07, 6.45) is 16.1. The van der Waals surface area contributed by atoms with Gasteiger partial charge in [0.25, 0.3) is 0 Å². The van der Waals surface area contributed by atoms with E-state index in [0.29, 0.717) is 12.8 Å². The largest absolute Gasteiger partial charge is 0.481 e. The highest BCUT2D eigenvalue weighted by atomic mass is 28.1. The van der Waals surface area contributed by atoms with Crippen molar-refractivity contribution in [3.05, 3.63) is 35.9 Å². The Hall–Kier alpha value is -3.94. The predicted octanol–water partition coefficient (Wildman–Crippen LogP) is 3.53. The fourth-order valence-electron chi connectivity index (χ4n) is 5.75. The van der Waals surface area contributed by atoms with Crippen molar-refractivity contribution in [1.82, 2.24) is 16.0 Å². The van der Waals surface area contributed by atoms with Crippen LogP contribution in [0.4, 0.5) is 0 Å². The minimum absolute atomic E-state index is 0.0954. The van der Waals surface area contributed by atoms with Gasteiger partial charge in [-0.25, -0.2) is 0 Å². The molecule has 0 aliphatic rings. The number of nitrogens with zero attached hydrogens (tertiary/aromatic N) is 1. The lowest BCUT2D eigenvalue weighted by atomic mass is 10.0. The van der Waals surface area contributed by atoms with E-state index in [2.05, 4.69) is 38.1 Å². The maximum atomic E-state index is 13.6.